The van der Waals surface area contributed by atoms with Crippen molar-refractivity contribution < 1.29 is 4.79 Å². The summed E-state index contributed by atoms with van der Waals surface area (Å²) in [6, 6.07) is 15.7. The summed E-state index contributed by atoms with van der Waals surface area (Å²) in [4.78, 5) is 29.0. The summed E-state index contributed by atoms with van der Waals surface area (Å²) in [5.74, 6) is 0.772. The number of piperazine rings is 1. The number of hydrogen-bond acceptors (Lipinski definition) is 6. The molecule has 33 heavy (non-hydrogen) atoms. The maximum Gasteiger partial charge on any atom is 0.251 e. The van der Waals surface area contributed by atoms with Gasteiger partial charge in [-0.3, -0.25) is 4.79 Å². The van der Waals surface area contributed by atoms with E-state index in [4.69, 9.17) is 9.97 Å². The van der Waals surface area contributed by atoms with Crippen LogP contribution in [0.25, 0.3) is 22.3 Å². The minimum atomic E-state index is -0.0970. The van der Waals surface area contributed by atoms with Gasteiger partial charge in [-0.05, 0) is 24.6 Å². The third-order valence-electron chi connectivity index (χ3n) is 5.81. The van der Waals surface area contributed by atoms with Crippen LogP contribution in [0.5, 0.6) is 0 Å². The number of amides is 1. The molecule has 0 saturated carbocycles. The first-order valence-electron chi connectivity index (χ1n) is 11.3. The summed E-state index contributed by atoms with van der Waals surface area (Å²) < 4.78 is 2.00. The zero-order valence-electron chi connectivity index (χ0n) is 18.4. The fraction of sp³-hybridized carbons (Fsp3) is 0.280. The van der Waals surface area contributed by atoms with Crippen LogP contribution in [-0.4, -0.2) is 58.1 Å². The van der Waals surface area contributed by atoms with Gasteiger partial charge in [0.1, 0.15) is 5.69 Å². The molecule has 1 aliphatic rings. The largest absolute Gasteiger partial charge is 0.352 e. The number of carbonyl (C=O) groups is 1. The molecule has 1 fully saturated rings. The molecule has 0 radical (unpaired) electrons. The summed E-state index contributed by atoms with van der Waals surface area (Å²) >= 11 is 0. The van der Waals surface area contributed by atoms with Gasteiger partial charge >= 0.3 is 0 Å². The van der Waals surface area contributed by atoms with Crippen LogP contribution < -0.4 is 15.5 Å². The quantitative estimate of drug-likeness (QED) is 0.429. The Morgan fingerprint density at radius 1 is 1.03 bits per heavy atom. The van der Waals surface area contributed by atoms with Crippen LogP contribution in [0.1, 0.15) is 16.8 Å². The average molecular weight is 442 g/mol. The number of anilines is 1. The van der Waals surface area contributed by atoms with Crippen LogP contribution in [0, 0.1) is 0 Å². The Hall–Kier alpha value is -3.78. The Kier molecular flexibility index (Phi) is 6.25. The van der Waals surface area contributed by atoms with Gasteiger partial charge < -0.3 is 20.1 Å². The summed E-state index contributed by atoms with van der Waals surface area (Å²) in [6.45, 7) is 4.98. The second-order valence-electron chi connectivity index (χ2n) is 8.11. The van der Waals surface area contributed by atoms with Crippen LogP contribution in [0.4, 0.5) is 5.82 Å². The number of benzene rings is 2. The zero-order chi connectivity index (χ0) is 22.5. The third-order valence-corrected chi connectivity index (χ3v) is 5.81. The highest BCUT2D eigenvalue weighted by atomic mass is 16.1. The lowest BCUT2D eigenvalue weighted by molar-refractivity contribution is 0.0953. The minimum absolute atomic E-state index is 0.0970. The maximum absolute atomic E-state index is 12.7. The molecule has 2 aromatic heterocycles. The van der Waals surface area contributed by atoms with Crippen molar-refractivity contribution in [3.05, 3.63) is 72.8 Å². The zero-order valence-corrected chi connectivity index (χ0v) is 18.4. The number of rotatable bonds is 7. The van der Waals surface area contributed by atoms with Crippen molar-refractivity contribution in [3.63, 3.8) is 0 Å². The van der Waals surface area contributed by atoms with Crippen molar-refractivity contribution in [1.29, 1.82) is 0 Å². The van der Waals surface area contributed by atoms with E-state index in [1.54, 1.807) is 12.5 Å². The van der Waals surface area contributed by atoms with Crippen molar-refractivity contribution in [3.8, 4) is 11.3 Å². The van der Waals surface area contributed by atoms with Crippen molar-refractivity contribution in [1.82, 2.24) is 30.2 Å². The molecule has 1 saturated heterocycles. The predicted molar refractivity (Wildman–Crippen MR) is 129 cm³/mol. The summed E-state index contributed by atoms with van der Waals surface area (Å²) in [5, 5.41) is 6.39. The lowest BCUT2D eigenvalue weighted by atomic mass is 10.1. The summed E-state index contributed by atoms with van der Waals surface area (Å²) in [6.07, 6.45) is 6.29. The van der Waals surface area contributed by atoms with Gasteiger partial charge in [-0.2, -0.15) is 0 Å². The molecule has 5 rings (SSSR count). The SMILES string of the molecule is O=C(NCCCn1ccnc1)c1ccc2nc(-c3ccccc3)c(N3CCNCC3)nc2c1. The standard InChI is InChI=1S/C25H27N7O/c33-25(28-9-4-13-31-14-10-27-18-31)20-7-8-21-22(17-20)30-24(32-15-11-26-12-16-32)23(29-21)19-5-2-1-3-6-19/h1-3,5-8,10,14,17-18,26H,4,9,11-13,15-16H2,(H,28,33). The smallest absolute Gasteiger partial charge is 0.251 e. The molecule has 0 unspecified atom stereocenters. The third kappa shape index (κ3) is 4.85. The van der Waals surface area contributed by atoms with E-state index >= 15 is 0 Å². The topological polar surface area (TPSA) is 88.0 Å². The normalized spacial score (nSPS) is 13.9. The van der Waals surface area contributed by atoms with Gasteiger partial charge in [-0.15, -0.1) is 0 Å². The second-order valence-corrected chi connectivity index (χ2v) is 8.11. The van der Waals surface area contributed by atoms with Gasteiger partial charge in [0, 0.05) is 62.8 Å². The number of nitrogens with one attached hydrogen (secondary N) is 2. The summed E-state index contributed by atoms with van der Waals surface area (Å²) in [5.41, 5.74) is 4.03. The van der Waals surface area contributed by atoms with E-state index in [2.05, 4.69) is 32.7 Å². The fourth-order valence-corrected chi connectivity index (χ4v) is 4.06. The van der Waals surface area contributed by atoms with Crippen LogP contribution in [0.3, 0.4) is 0 Å². The molecule has 2 N–H and O–H groups in total. The molecule has 0 bridgehead atoms. The number of carbonyl (C=O) groups excluding carboxylic acids is 1. The molecule has 3 heterocycles. The van der Waals surface area contributed by atoms with Gasteiger partial charge in [-0.1, -0.05) is 30.3 Å². The van der Waals surface area contributed by atoms with E-state index < -0.39 is 0 Å². The fourth-order valence-electron chi connectivity index (χ4n) is 4.06. The Labute approximate surface area is 192 Å². The molecule has 8 nitrogen and oxygen atoms in total. The molecule has 0 atom stereocenters. The first-order valence-corrected chi connectivity index (χ1v) is 11.3. The van der Waals surface area contributed by atoms with Gasteiger partial charge in [0.25, 0.3) is 5.91 Å². The average Bonchev–Trinajstić information content (AvgIpc) is 3.40. The van der Waals surface area contributed by atoms with E-state index in [9.17, 15) is 4.79 Å². The van der Waals surface area contributed by atoms with E-state index in [1.807, 2.05) is 47.2 Å². The number of imidazole rings is 1. The van der Waals surface area contributed by atoms with Gasteiger partial charge in [0.05, 0.1) is 17.4 Å². The van der Waals surface area contributed by atoms with Crippen LogP contribution in [0.15, 0.2) is 67.3 Å². The van der Waals surface area contributed by atoms with Gasteiger partial charge in [0.15, 0.2) is 5.82 Å². The number of aromatic nitrogens is 4. The number of hydrogen-bond donors (Lipinski definition) is 2. The first-order chi connectivity index (χ1) is 16.3. The number of fused-ring (bicyclic) bond motifs is 1. The molecular weight excluding hydrogens is 414 g/mol. The van der Waals surface area contributed by atoms with E-state index in [0.29, 0.717) is 12.1 Å². The van der Waals surface area contributed by atoms with E-state index in [0.717, 1.165) is 67.3 Å². The van der Waals surface area contributed by atoms with E-state index in [1.165, 1.54) is 0 Å². The van der Waals surface area contributed by atoms with Crippen LogP contribution >= 0.6 is 0 Å². The van der Waals surface area contributed by atoms with Crippen LogP contribution in [0.2, 0.25) is 0 Å². The molecule has 4 aromatic rings. The Morgan fingerprint density at radius 3 is 2.67 bits per heavy atom. The monoisotopic (exact) mass is 441 g/mol. The molecule has 8 heteroatoms. The maximum atomic E-state index is 12.7. The van der Waals surface area contributed by atoms with Gasteiger partial charge in [-0.25, -0.2) is 15.0 Å². The molecule has 0 spiro atoms. The highest BCUT2D eigenvalue weighted by Gasteiger charge is 2.19. The molecule has 168 valence electrons. The lowest BCUT2D eigenvalue weighted by Gasteiger charge is -2.30. The highest BCUT2D eigenvalue weighted by molar-refractivity contribution is 5.97. The Morgan fingerprint density at radius 2 is 1.88 bits per heavy atom. The molecule has 1 aliphatic heterocycles. The molecule has 0 aliphatic carbocycles. The predicted octanol–water partition coefficient (Wildman–Crippen LogP) is 2.72. The van der Waals surface area contributed by atoms with Crippen molar-refractivity contribution in [2.24, 2.45) is 0 Å². The van der Waals surface area contributed by atoms with Crippen LogP contribution in [-0.2, 0) is 6.54 Å². The van der Waals surface area contributed by atoms with E-state index in [-0.39, 0.29) is 5.91 Å². The Bertz CT molecular complexity index is 1220. The highest BCUT2D eigenvalue weighted by Crippen LogP contribution is 2.30. The lowest BCUT2D eigenvalue weighted by Crippen LogP contribution is -2.44. The first kappa shape index (κ1) is 21.1. The summed E-state index contributed by atoms with van der Waals surface area (Å²) in [7, 11) is 0. The second kappa shape index (κ2) is 9.79. The number of aryl methyl sites for hydroxylation is 1. The molecule has 2 aromatic carbocycles. The minimum Gasteiger partial charge on any atom is -0.352 e. The van der Waals surface area contributed by atoms with Crippen molar-refractivity contribution in [2.75, 3.05) is 37.6 Å². The Balaban J connectivity index is 1.39. The van der Waals surface area contributed by atoms with Crippen molar-refractivity contribution >= 4 is 22.8 Å². The molecular formula is C25H27N7O. The van der Waals surface area contributed by atoms with Crippen molar-refractivity contribution in [2.45, 2.75) is 13.0 Å². The molecule has 1 amide bonds. The van der Waals surface area contributed by atoms with Gasteiger partial charge in [0.2, 0.25) is 0 Å². The number of nitrogens with zero attached hydrogens (tertiary/aromatic N) is 5.